The van der Waals surface area contributed by atoms with Crippen LogP contribution in [-0.4, -0.2) is 77.1 Å². The molecular weight excluding hydrogens is 326 g/mol. The monoisotopic (exact) mass is 347 g/mol. The van der Waals surface area contributed by atoms with Gasteiger partial charge in [-0.3, -0.25) is 0 Å². The molecule has 0 aliphatic carbocycles. The lowest BCUT2D eigenvalue weighted by Crippen LogP contribution is -2.49. The second-order valence-corrected chi connectivity index (χ2v) is 6.15. The van der Waals surface area contributed by atoms with Gasteiger partial charge in [-0.1, -0.05) is 0 Å². The van der Waals surface area contributed by atoms with Gasteiger partial charge >= 0.3 is 6.09 Å². The molecule has 0 bridgehead atoms. The number of amides is 1. The first-order valence-electron chi connectivity index (χ1n) is 8.68. The summed E-state index contributed by atoms with van der Waals surface area (Å²) in [4.78, 5) is 27.2. The number of nitrogens with zero attached hydrogens (tertiary/aromatic N) is 7. The largest absolute Gasteiger partial charge is 0.450 e. The smallest absolute Gasteiger partial charge is 0.409 e. The lowest BCUT2D eigenvalue weighted by Gasteiger charge is -2.36. The van der Waals surface area contributed by atoms with E-state index >= 15 is 0 Å². The van der Waals surface area contributed by atoms with E-state index in [1.54, 1.807) is 4.90 Å². The predicted molar refractivity (Wildman–Crippen MR) is 89.6 cm³/mol. The molecule has 4 heterocycles. The van der Waals surface area contributed by atoms with E-state index in [2.05, 4.69) is 30.1 Å². The summed E-state index contributed by atoms with van der Waals surface area (Å²) in [6.45, 7) is 6.65. The summed E-state index contributed by atoms with van der Waals surface area (Å²) in [5.74, 6) is 1.61. The minimum Gasteiger partial charge on any atom is -0.450 e. The first kappa shape index (κ1) is 15.9. The summed E-state index contributed by atoms with van der Waals surface area (Å²) < 4.78 is 9.85. The van der Waals surface area contributed by atoms with Gasteiger partial charge in [0.1, 0.15) is 0 Å². The number of hydrogen-bond donors (Lipinski definition) is 0. The van der Waals surface area contributed by atoms with Gasteiger partial charge in [0.15, 0.2) is 11.6 Å². The highest BCUT2D eigenvalue weighted by molar-refractivity contribution is 5.75. The molecule has 4 rings (SSSR count). The summed E-state index contributed by atoms with van der Waals surface area (Å²) in [5.41, 5.74) is 0.835. The molecule has 2 aromatic heterocycles. The van der Waals surface area contributed by atoms with E-state index in [0.717, 1.165) is 37.6 Å². The van der Waals surface area contributed by atoms with Crippen LogP contribution in [-0.2, 0) is 4.74 Å². The molecule has 2 aliphatic heterocycles. The fourth-order valence-electron chi connectivity index (χ4n) is 3.29. The van der Waals surface area contributed by atoms with E-state index in [-0.39, 0.29) is 6.09 Å². The van der Waals surface area contributed by atoms with Crippen molar-refractivity contribution in [3.63, 3.8) is 0 Å². The van der Waals surface area contributed by atoms with Gasteiger partial charge in [0.25, 0.3) is 0 Å². The second-order valence-electron chi connectivity index (χ2n) is 6.15. The number of rotatable bonds is 3. The second kappa shape index (κ2) is 6.69. The molecule has 2 fully saturated rings. The van der Waals surface area contributed by atoms with Crippen LogP contribution in [0.1, 0.15) is 19.8 Å². The van der Waals surface area contributed by atoms with Crippen LogP contribution in [0, 0.1) is 0 Å². The number of carbonyl (C=O) groups is 1. The number of hydrogen-bond acceptors (Lipinski definition) is 9. The van der Waals surface area contributed by atoms with Crippen molar-refractivity contribution in [3.8, 4) is 0 Å². The summed E-state index contributed by atoms with van der Waals surface area (Å²) in [5, 5.41) is 7.64. The van der Waals surface area contributed by atoms with Gasteiger partial charge in [0, 0.05) is 39.3 Å². The Morgan fingerprint density at radius 2 is 1.52 bits per heavy atom. The van der Waals surface area contributed by atoms with Crippen LogP contribution in [0.2, 0.25) is 0 Å². The van der Waals surface area contributed by atoms with Crippen molar-refractivity contribution in [3.05, 3.63) is 0 Å². The van der Waals surface area contributed by atoms with Gasteiger partial charge < -0.3 is 19.4 Å². The summed E-state index contributed by atoms with van der Waals surface area (Å²) in [6.07, 6.45) is 2.03. The Morgan fingerprint density at radius 3 is 2.08 bits per heavy atom. The average molecular weight is 347 g/mol. The Bertz CT molecular complexity index is 751. The van der Waals surface area contributed by atoms with Crippen LogP contribution in [0.25, 0.3) is 11.3 Å². The number of ether oxygens (including phenoxy) is 1. The third kappa shape index (κ3) is 3.03. The quantitative estimate of drug-likeness (QED) is 0.801. The minimum atomic E-state index is -0.260. The SMILES string of the molecule is CCOC(=O)N1CCN(c2nc3nonc3nc2N2CCCC2)CC1. The molecule has 0 aromatic carbocycles. The number of carbonyl (C=O) groups excluding carboxylic acids is 1. The zero-order valence-electron chi connectivity index (χ0n) is 14.2. The molecular formula is C15H21N7O3. The molecule has 2 saturated heterocycles. The molecule has 10 heteroatoms. The highest BCUT2D eigenvalue weighted by Crippen LogP contribution is 2.30. The zero-order valence-corrected chi connectivity index (χ0v) is 14.2. The molecule has 0 atom stereocenters. The van der Waals surface area contributed by atoms with Gasteiger partial charge in [-0.05, 0) is 30.1 Å². The van der Waals surface area contributed by atoms with Crippen molar-refractivity contribution >= 4 is 29.0 Å². The fraction of sp³-hybridized carbons (Fsp3) is 0.667. The Labute approximate surface area is 144 Å². The summed E-state index contributed by atoms with van der Waals surface area (Å²) in [7, 11) is 0. The van der Waals surface area contributed by atoms with Crippen molar-refractivity contribution in [2.24, 2.45) is 0 Å². The van der Waals surface area contributed by atoms with Gasteiger partial charge in [0.05, 0.1) is 6.61 Å². The summed E-state index contributed by atoms with van der Waals surface area (Å²) >= 11 is 0. The maximum absolute atomic E-state index is 11.9. The van der Waals surface area contributed by atoms with E-state index < -0.39 is 0 Å². The molecule has 0 unspecified atom stereocenters. The van der Waals surface area contributed by atoms with E-state index in [1.807, 2.05) is 6.92 Å². The Kier molecular flexibility index (Phi) is 4.24. The highest BCUT2D eigenvalue weighted by atomic mass is 16.6. The van der Waals surface area contributed by atoms with Gasteiger partial charge in [0.2, 0.25) is 11.3 Å². The third-order valence-electron chi connectivity index (χ3n) is 4.59. The van der Waals surface area contributed by atoms with Crippen LogP contribution >= 0.6 is 0 Å². The number of piperazine rings is 1. The molecule has 2 aliphatic rings. The van der Waals surface area contributed by atoms with Crippen LogP contribution in [0.3, 0.4) is 0 Å². The van der Waals surface area contributed by atoms with E-state index in [9.17, 15) is 4.79 Å². The van der Waals surface area contributed by atoms with Gasteiger partial charge in [-0.15, -0.1) is 0 Å². The molecule has 0 radical (unpaired) electrons. The maximum atomic E-state index is 11.9. The molecule has 2 aromatic rings. The van der Waals surface area contributed by atoms with Crippen LogP contribution < -0.4 is 9.80 Å². The van der Waals surface area contributed by atoms with Gasteiger partial charge in [-0.25, -0.2) is 19.4 Å². The fourth-order valence-corrected chi connectivity index (χ4v) is 3.29. The van der Waals surface area contributed by atoms with E-state index in [4.69, 9.17) is 9.37 Å². The van der Waals surface area contributed by atoms with Crippen LogP contribution in [0.4, 0.5) is 16.4 Å². The van der Waals surface area contributed by atoms with Crippen molar-refractivity contribution in [2.75, 3.05) is 55.7 Å². The number of anilines is 2. The Morgan fingerprint density at radius 1 is 0.960 bits per heavy atom. The normalized spacial score (nSPS) is 18.2. The van der Waals surface area contributed by atoms with Crippen LogP contribution in [0.15, 0.2) is 4.63 Å². The lowest BCUT2D eigenvalue weighted by molar-refractivity contribution is 0.105. The Hall–Kier alpha value is -2.65. The van der Waals surface area contributed by atoms with Crippen molar-refractivity contribution in [1.29, 1.82) is 0 Å². The standard InChI is InChI=1S/C15H21N7O3/c1-2-24-15(23)22-9-7-21(8-10-22)14-13(20-5-3-4-6-20)16-11-12(17-14)19-25-18-11/h2-10H2,1H3. The summed E-state index contributed by atoms with van der Waals surface area (Å²) in [6, 6.07) is 0. The third-order valence-corrected chi connectivity index (χ3v) is 4.59. The lowest BCUT2D eigenvalue weighted by atomic mass is 10.3. The van der Waals surface area contributed by atoms with Gasteiger partial charge in [-0.2, -0.15) is 0 Å². The van der Waals surface area contributed by atoms with Crippen molar-refractivity contribution < 1.29 is 14.2 Å². The maximum Gasteiger partial charge on any atom is 0.409 e. The zero-order chi connectivity index (χ0) is 17.2. The minimum absolute atomic E-state index is 0.260. The molecule has 0 saturated carbocycles. The van der Waals surface area contributed by atoms with Crippen molar-refractivity contribution in [1.82, 2.24) is 25.2 Å². The highest BCUT2D eigenvalue weighted by Gasteiger charge is 2.28. The number of fused-ring (bicyclic) bond motifs is 1. The van der Waals surface area contributed by atoms with E-state index in [0.29, 0.717) is 44.1 Å². The molecule has 10 nitrogen and oxygen atoms in total. The molecule has 1 amide bonds. The first-order valence-corrected chi connectivity index (χ1v) is 8.68. The van der Waals surface area contributed by atoms with E-state index in [1.165, 1.54) is 0 Å². The topological polar surface area (TPSA) is 101 Å². The molecule has 0 N–H and O–H groups in total. The van der Waals surface area contributed by atoms with Crippen molar-refractivity contribution in [2.45, 2.75) is 19.8 Å². The predicted octanol–water partition coefficient (Wildman–Crippen LogP) is 0.891. The molecule has 134 valence electrons. The number of aromatic nitrogens is 4. The molecule has 25 heavy (non-hydrogen) atoms. The van der Waals surface area contributed by atoms with Crippen LogP contribution in [0.5, 0.6) is 0 Å². The first-order chi connectivity index (χ1) is 12.3. The Balaban J connectivity index is 1.58. The molecule has 0 spiro atoms. The average Bonchev–Trinajstić information content (AvgIpc) is 3.32.